The van der Waals surface area contributed by atoms with E-state index in [0.717, 1.165) is 11.8 Å². The van der Waals surface area contributed by atoms with Crippen LogP contribution in [0.25, 0.3) is 0 Å². The Kier molecular flexibility index (Phi) is 2.36. The lowest BCUT2D eigenvalue weighted by molar-refractivity contribution is -0.168. The molecule has 90 valence electrons. The molecule has 0 aromatic carbocycles. The van der Waals surface area contributed by atoms with Gasteiger partial charge in [-0.05, 0) is 62.7 Å². The highest BCUT2D eigenvalue weighted by Gasteiger charge is 2.57. The van der Waals surface area contributed by atoms with Gasteiger partial charge >= 0.3 is 6.16 Å². The lowest BCUT2D eigenvalue weighted by atomic mass is 9.50. The van der Waals surface area contributed by atoms with Gasteiger partial charge < -0.3 is 9.03 Å². The van der Waals surface area contributed by atoms with Crippen LogP contribution >= 0.6 is 11.9 Å². The lowest BCUT2D eigenvalue weighted by Crippen LogP contribution is -2.57. The molecule has 0 radical (unpaired) electrons. The summed E-state index contributed by atoms with van der Waals surface area (Å²) in [5.41, 5.74) is -0.334. The van der Waals surface area contributed by atoms with E-state index in [4.69, 9.17) is 16.6 Å². The molecule has 0 aliphatic heterocycles. The van der Waals surface area contributed by atoms with Crippen molar-refractivity contribution in [1.29, 1.82) is 0 Å². The third-order valence-corrected chi connectivity index (χ3v) is 5.25. The van der Waals surface area contributed by atoms with Crippen LogP contribution in [0, 0.1) is 23.7 Å². The largest absolute Gasteiger partial charge is 0.527 e. The normalized spacial score (nSPS) is 49.1. The second kappa shape index (κ2) is 3.52. The Hall–Kier alpha value is -0.440. The third kappa shape index (κ3) is 1.44. The number of rotatable bonds is 1. The summed E-state index contributed by atoms with van der Waals surface area (Å²) >= 11 is 5.05. The van der Waals surface area contributed by atoms with Gasteiger partial charge in [0.05, 0.1) is 0 Å². The molecule has 4 rings (SSSR count). The van der Waals surface area contributed by atoms with Gasteiger partial charge in [0, 0.05) is 0 Å². The molecule has 4 saturated carbocycles. The molecule has 4 aliphatic rings. The number of ether oxygens (including phenoxy) is 1. The van der Waals surface area contributed by atoms with Gasteiger partial charge in [-0.15, -0.1) is 0 Å². The quantitative estimate of drug-likeness (QED) is 0.662. The fraction of sp³-hybridized carbons (Fsp3) is 0.917. The molecule has 0 atom stereocenters. The summed E-state index contributed by atoms with van der Waals surface area (Å²) in [6.45, 7) is 2.06. The molecule has 0 aromatic rings. The minimum Gasteiger partial charge on any atom is -0.426 e. The van der Waals surface area contributed by atoms with E-state index in [9.17, 15) is 4.79 Å². The fourth-order valence-electron chi connectivity index (χ4n) is 4.48. The van der Waals surface area contributed by atoms with Crippen LogP contribution in [0.4, 0.5) is 4.79 Å². The zero-order valence-electron chi connectivity index (χ0n) is 9.45. The summed E-state index contributed by atoms with van der Waals surface area (Å²) < 4.78 is 9.60. The molecule has 4 aliphatic carbocycles. The standard InChI is InChI=1S/C12H17ClO3/c1-12(15-11(14)16-13)9-3-7-2-8(5-9)6-10(12)4-7/h7-10H,2-6H2,1H3. The van der Waals surface area contributed by atoms with Crippen LogP contribution in [0.1, 0.15) is 39.0 Å². The molecule has 0 spiro atoms. The maximum atomic E-state index is 11.2. The first kappa shape index (κ1) is 10.7. The highest BCUT2D eigenvalue weighted by atomic mass is 35.5. The van der Waals surface area contributed by atoms with Crippen LogP contribution < -0.4 is 0 Å². The van der Waals surface area contributed by atoms with Crippen molar-refractivity contribution in [1.82, 2.24) is 0 Å². The lowest BCUT2D eigenvalue weighted by Gasteiger charge is -2.58. The number of hydrogen-bond acceptors (Lipinski definition) is 3. The molecule has 4 fully saturated rings. The van der Waals surface area contributed by atoms with Gasteiger partial charge in [-0.3, -0.25) is 0 Å². The minimum absolute atomic E-state index is 0.334. The van der Waals surface area contributed by atoms with Gasteiger partial charge in [0.1, 0.15) is 17.5 Å². The fourth-order valence-corrected chi connectivity index (χ4v) is 4.51. The predicted octanol–water partition coefficient (Wildman–Crippen LogP) is 3.51. The molecular weight excluding hydrogens is 228 g/mol. The first-order chi connectivity index (χ1) is 7.61. The maximum Gasteiger partial charge on any atom is 0.527 e. The van der Waals surface area contributed by atoms with E-state index in [-0.39, 0.29) is 5.60 Å². The molecule has 4 heteroatoms. The number of carbonyl (C=O) groups is 1. The topological polar surface area (TPSA) is 35.5 Å². The Morgan fingerprint density at radius 1 is 1.12 bits per heavy atom. The Bertz CT molecular complexity index is 287. The van der Waals surface area contributed by atoms with Gasteiger partial charge in [-0.25, -0.2) is 4.79 Å². The van der Waals surface area contributed by atoms with Crippen molar-refractivity contribution in [3.8, 4) is 0 Å². The minimum atomic E-state index is -0.739. The molecule has 4 bridgehead atoms. The number of carbonyl (C=O) groups excluding carboxylic acids is 1. The molecule has 0 heterocycles. The summed E-state index contributed by atoms with van der Waals surface area (Å²) in [4.78, 5) is 11.2. The second-order valence-corrected chi connectivity index (χ2v) is 6.07. The van der Waals surface area contributed by atoms with E-state index >= 15 is 0 Å². The highest BCUT2D eigenvalue weighted by Crippen LogP contribution is 2.59. The average molecular weight is 245 g/mol. The van der Waals surface area contributed by atoms with Crippen molar-refractivity contribution in [3.05, 3.63) is 0 Å². The van der Waals surface area contributed by atoms with Crippen LogP contribution in [0.3, 0.4) is 0 Å². The van der Waals surface area contributed by atoms with Gasteiger partial charge in [-0.1, -0.05) is 0 Å². The molecule has 0 aromatic heterocycles. The van der Waals surface area contributed by atoms with Crippen LogP contribution in [0.15, 0.2) is 0 Å². The van der Waals surface area contributed by atoms with E-state index in [1.807, 2.05) is 0 Å². The van der Waals surface area contributed by atoms with Gasteiger partial charge in [0.2, 0.25) is 0 Å². The maximum absolute atomic E-state index is 11.2. The first-order valence-electron chi connectivity index (χ1n) is 6.13. The number of hydrogen-bond donors (Lipinski definition) is 0. The van der Waals surface area contributed by atoms with E-state index in [1.54, 1.807) is 0 Å². The Morgan fingerprint density at radius 2 is 1.62 bits per heavy atom. The summed E-state index contributed by atoms with van der Waals surface area (Å²) in [5, 5.41) is 0. The zero-order valence-corrected chi connectivity index (χ0v) is 10.2. The Balaban J connectivity index is 1.82. The molecule has 3 nitrogen and oxygen atoms in total. The summed E-state index contributed by atoms with van der Waals surface area (Å²) in [6.07, 6.45) is 5.48. The first-order valence-corrected chi connectivity index (χ1v) is 6.44. The van der Waals surface area contributed by atoms with E-state index in [0.29, 0.717) is 11.8 Å². The van der Waals surface area contributed by atoms with Crippen molar-refractivity contribution in [2.75, 3.05) is 0 Å². The van der Waals surface area contributed by atoms with Gasteiger partial charge in [0.15, 0.2) is 0 Å². The van der Waals surface area contributed by atoms with Crippen molar-refractivity contribution in [2.45, 2.75) is 44.6 Å². The summed E-state index contributed by atoms with van der Waals surface area (Å²) in [5.74, 6) is 2.76. The summed E-state index contributed by atoms with van der Waals surface area (Å²) in [6, 6.07) is 0. The van der Waals surface area contributed by atoms with Gasteiger partial charge in [-0.2, -0.15) is 0 Å². The van der Waals surface area contributed by atoms with Crippen molar-refractivity contribution >= 4 is 18.0 Å². The monoisotopic (exact) mass is 244 g/mol. The van der Waals surface area contributed by atoms with Gasteiger partial charge in [0.25, 0.3) is 0 Å². The van der Waals surface area contributed by atoms with Crippen molar-refractivity contribution in [2.24, 2.45) is 23.7 Å². The number of halogens is 1. The second-order valence-electron chi connectivity index (χ2n) is 5.92. The van der Waals surface area contributed by atoms with E-state index in [2.05, 4.69) is 11.2 Å². The van der Waals surface area contributed by atoms with Crippen LogP contribution in [0.2, 0.25) is 0 Å². The third-order valence-electron chi connectivity index (χ3n) is 5.13. The van der Waals surface area contributed by atoms with Crippen LogP contribution in [-0.2, 0) is 9.03 Å². The van der Waals surface area contributed by atoms with Crippen molar-refractivity contribution in [3.63, 3.8) is 0 Å². The smallest absolute Gasteiger partial charge is 0.426 e. The summed E-state index contributed by atoms with van der Waals surface area (Å²) in [7, 11) is 0. The predicted molar refractivity (Wildman–Crippen MR) is 58.9 cm³/mol. The zero-order chi connectivity index (χ0) is 11.3. The Labute approximate surface area is 101 Å². The van der Waals surface area contributed by atoms with E-state index in [1.165, 1.54) is 32.1 Å². The van der Waals surface area contributed by atoms with E-state index < -0.39 is 6.16 Å². The molecule has 16 heavy (non-hydrogen) atoms. The Morgan fingerprint density at radius 3 is 2.06 bits per heavy atom. The molecule has 0 amide bonds. The highest BCUT2D eigenvalue weighted by molar-refractivity contribution is 6.12. The molecule has 0 saturated heterocycles. The van der Waals surface area contributed by atoms with Crippen LogP contribution in [0.5, 0.6) is 0 Å². The molecular formula is C12H17ClO3. The van der Waals surface area contributed by atoms with Crippen LogP contribution in [-0.4, -0.2) is 11.8 Å². The SMILES string of the molecule is CC1(OC(=O)OCl)C2CC3CC(C2)CC1C3. The molecule has 0 N–H and O–H groups in total. The van der Waals surface area contributed by atoms with Crippen molar-refractivity contribution < 1.29 is 13.8 Å². The molecule has 0 unspecified atom stereocenters. The average Bonchev–Trinajstić information content (AvgIpc) is 2.25.